The van der Waals surface area contributed by atoms with Crippen molar-refractivity contribution in [1.82, 2.24) is 19.9 Å². The van der Waals surface area contributed by atoms with Crippen LogP contribution in [-0.2, 0) is 22.6 Å². The zero-order valence-electron chi connectivity index (χ0n) is 19.8. The number of aromatic nitrogens is 3. The molecule has 0 unspecified atom stereocenters. The number of rotatable bonds is 8. The van der Waals surface area contributed by atoms with Crippen molar-refractivity contribution >= 4 is 23.2 Å². The Bertz CT molecular complexity index is 1160. The highest BCUT2D eigenvalue weighted by Crippen LogP contribution is 2.33. The van der Waals surface area contributed by atoms with Crippen molar-refractivity contribution in [2.45, 2.75) is 59.2 Å². The summed E-state index contributed by atoms with van der Waals surface area (Å²) in [6, 6.07) is 10.1. The Morgan fingerprint density at radius 1 is 1.24 bits per heavy atom. The molecule has 2 heterocycles. The molecule has 7 nitrogen and oxygen atoms in total. The zero-order valence-corrected chi connectivity index (χ0v) is 19.8. The second-order valence-electron chi connectivity index (χ2n) is 9.39. The SMILES string of the molecule is CCOC=Cc1nc(-c2cccc(CNC(=O)OC(C)(C)C)c2)c2ccn(CC3CC3)c2n1. The van der Waals surface area contributed by atoms with Gasteiger partial charge in [-0.15, -0.1) is 0 Å². The molecule has 1 amide bonds. The average molecular weight is 449 g/mol. The number of carbonyl (C=O) groups is 1. The molecule has 1 fully saturated rings. The summed E-state index contributed by atoms with van der Waals surface area (Å²) in [7, 11) is 0. The Morgan fingerprint density at radius 3 is 2.79 bits per heavy atom. The van der Waals surface area contributed by atoms with E-state index in [4.69, 9.17) is 19.4 Å². The first-order valence-corrected chi connectivity index (χ1v) is 11.5. The fourth-order valence-electron chi connectivity index (χ4n) is 3.62. The molecular weight excluding hydrogens is 416 g/mol. The highest BCUT2D eigenvalue weighted by Gasteiger charge is 2.23. The van der Waals surface area contributed by atoms with Gasteiger partial charge in [-0.05, 0) is 64.2 Å². The van der Waals surface area contributed by atoms with Crippen LogP contribution < -0.4 is 5.32 Å². The van der Waals surface area contributed by atoms with Gasteiger partial charge < -0.3 is 19.4 Å². The summed E-state index contributed by atoms with van der Waals surface area (Å²) < 4.78 is 12.9. The van der Waals surface area contributed by atoms with E-state index in [1.54, 1.807) is 12.3 Å². The Kier molecular flexibility index (Phi) is 6.67. The second-order valence-corrected chi connectivity index (χ2v) is 9.39. The van der Waals surface area contributed by atoms with Crippen LogP contribution in [0.25, 0.3) is 28.4 Å². The molecule has 0 bridgehead atoms. The van der Waals surface area contributed by atoms with E-state index >= 15 is 0 Å². The molecule has 0 aliphatic heterocycles. The molecule has 33 heavy (non-hydrogen) atoms. The number of ether oxygens (including phenoxy) is 2. The fourth-order valence-corrected chi connectivity index (χ4v) is 3.62. The first-order valence-electron chi connectivity index (χ1n) is 11.5. The van der Waals surface area contributed by atoms with Gasteiger partial charge in [0.15, 0.2) is 5.82 Å². The number of fused-ring (bicyclic) bond motifs is 1. The Morgan fingerprint density at radius 2 is 2.06 bits per heavy atom. The first-order chi connectivity index (χ1) is 15.8. The van der Waals surface area contributed by atoms with E-state index in [2.05, 4.69) is 22.1 Å². The maximum Gasteiger partial charge on any atom is 0.407 e. The van der Waals surface area contributed by atoms with Gasteiger partial charge in [0.05, 0.1) is 18.6 Å². The third-order valence-corrected chi connectivity index (χ3v) is 5.30. The zero-order chi connectivity index (χ0) is 23.4. The van der Waals surface area contributed by atoms with Crippen molar-refractivity contribution in [3.8, 4) is 11.3 Å². The molecule has 3 aromatic rings. The first kappa shape index (κ1) is 22.8. The van der Waals surface area contributed by atoms with Gasteiger partial charge in [0, 0.05) is 36.3 Å². The molecule has 0 saturated heterocycles. The molecule has 1 N–H and O–H groups in total. The summed E-state index contributed by atoms with van der Waals surface area (Å²) in [6.07, 6.45) is 7.67. The summed E-state index contributed by atoms with van der Waals surface area (Å²) in [5.41, 5.74) is 3.21. The standard InChI is InChI=1S/C26H32N4O3/c1-5-32-14-12-22-28-23(21-11-13-30(24(21)29-22)17-18-9-10-18)20-8-6-7-19(15-20)16-27-25(31)33-26(2,3)4/h6-8,11-15,18H,5,9-10,16-17H2,1-4H3,(H,27,31). The predicted octanol–water partition coefficient (Wildman–Crippen LogP) is 5.54. The van der Waals surface area contributed by atoms with Crippen LogP contribution in [0, 0.1) is 5.92 Å². The van der Waals surface area contributed by atoms with Crippen LogP contribution in [0.5, 0.6) is 0 Å². The smallest absolute Gasteiger partial charge is 0.407 e. The Labute approximate surface area is 194 Å². The van der Waals surface area contributed by atoms with E-state index in [0.717, 1.165) is 40.3 Å². The predicted molar refractivity (Wildman–Crippen MR) is 129 cm³/mol. The topological polar surface area (TPSA) is 78.3 Å². The van der Waals surface area contributed by atoms with E-state index < -0.39 is 11.7 Å². The van der Waals surface area contributed by atoms with Crippen molar-refractivity contribution in [1.29, 1.82) is 0 Å². The van der Waals surface area contributed by atoms with E-state index in [1.807, 2.05) is 52.0 Å². The molecule has 7 heteroatoms. The van der Waals surface area contributed by atoms with Crippen LogP contribution in [0.1, 0.15) is 51.9 Å². The average Bonchev–Trinajstić information content (AvgIpc) is 3.50. The van der Waals surface area contributed by atoms with Crippen LogP contribution in [0.15, 0.2) is 42.8 Å². The lowest BCUT2D eigenvalue weighted by atomic mass is 10.1. The highest BCUT2D eigenvalue weighted by atomic mass is 16.6. The van der Waals surface area contributed by atoms with Crippen molar-refractivity contribution in [3.05, 3.63) is 54.2 Å². The summed E-state index contributed by atoms with van der Waals surface area (Å²) in [5.74, 6) is 1.35. The van der Waals surface area contributed by atoms with Crippen molar-refractivity contribution in [3.63, 3.8) is 0 Å². The van der Waals surface area contributed by atoms with Crippen molar-refractivity contribution < 1.29 is 14.3 Å². The second kappa shape index (κ2) is 9.65. The summed E-state index contributed by atoms with van der Waals surface area (Å²) in [4.78, 5) is 21.7. The molecular formula is C26H32N4O3. The minimum absolute atomic E-state index is 0.372. The molecule has 2 aromatic heterocycles. The van der Waals surface area contributed by atoms with Crippen LogP contribution in [-0.4, -0.2) is 32.8 Å². The van der Waals surface area contributed by atoms with E-state index in [1.165, 1.54) is 12.8 Å². The molecule has 1 aromatic carbocycles. The van der Waals surface area contributed by atoms with Crippen molar-refractivity contribution in [2.24, 2.45) is 5.92 Å². The summed E-state index contributed by atoms with van der Waals surface area (Å²) in [6.45, 7) is 9.43. The lowest BCUT2D eigenvalue weighted by molar-refractivity contribution is 0.0523. The minimum Gasteiger partial charge on any atom is -0.501 e. The van der Waals surface area contributed by atoms with Gasteiger partial charge in [0.1, 0.15) is 11.2 Å². The summed E-state index contributed by atoms with van der Waals surface area (Å²) >= 11 is 0. The Balaban J connectivity index is 1.64. The number of nitrogens with zero attached hydrogens (tertiary/aromatic N) is 3. The van der Waals surface area contributed by atoms with Gasteiger partial charge in [-0.3, -0.25) is 0 Å². The molecule has 1 aliphatic rings. The molecule has 174 valence electrons. The number of hydrogen-bond acceptors (Lipinski definition) is 5. The number of hydrogen-bond donors (Lipinski definition) is 1. The maximum atomic E-state index is 12.1. The monoisotopic (exact) mass is 448 g/mol. The maximum absolute atomic E-state index is 12.1. The molecule has 0 atom stereocenters. The van der Waals surface area contributed by atoms with Gasteiger partial charge in [-0.1, -0.05) is 18.2 Å². The number of amides is 1. The van der Waals surface area contributed by atoms with Crippen molar-refractivity contribution in [2.75, 3.05) is 6.61 Å². The van der Waals surface area contributed by atoms with Gasteiger partial charge in [0.2, 0.25) is 0 Å². The molecule has 0 radical (unpaired) electrons. The van der Waals surface area contributed by atoms with E-state index in [9.17, 15) is 4.79 Å². The largest absolute Gasteiger partial charge is 0.501 e. The van der Waals surface area contributed by atoms with Gasteiger partial charge in [-0.2, -0.15) is 0 Å². The summed E-state index contributed by atoms with van der Waals surface area (Å²) in [5, 5.41) is 3.84. The minimum atomic E-state index is -0.530. The number of carbonyl (C=O) groups excluding carboxylic acids is 1. The molecule has 1 aliphatic carbocycles. The van der Waals surface area contributed by atoms with Crippen LogP contribution in [0.4, 0.5) is 4.79 Å². The van der Waals surface area contributed by atoms with Gasteiger partial charge in [0.25, 0.3) is 0 Å². The van der Waals surface area contributed by atoms with Gasteiger partial charge >= 0.3 is 6.09 Å². The van der Waals surface area contributed by atoms with E-state index in [0.29, 0.717) is 19.0 Å². The van der Waals surface area contributed by atoms with E-state index in [-0.39, 0.29) is 0 Å². The molecule has 1 saturated carbocycles. The third-order valence-electron chi connectivity index (χ3n) is 5.30. The molecule has 0 spiro atoms. The van der Waals surface area contributed by atoms with Gasteiger partial charge in [-0.25, -0.2) is 14.8 Å². The quantitative estimate of drug-likeness (QED) is 0.458. The lowest BCUT2D eigenvalue weighted by Crippen LogP contribution is -2.32. The normalized spacial score (nSPS) is 14.1. The fraction of sp³-hybridized carbons (Fsp3) is 0.423. The Hall–Kier alpha value is -3.35. The van der Waals surface area contributed by atoms with Crippen LogP contribution in [0.3, 0.4) is 0 Å². The lowest BCUT2D eigenvalue weighted by Gasteiger charge is -2.19. The highest BCUT2D eigenvalue weighted by molar-refractivity contribution is 5.91. The van der Waals surface area contributed by atoms with Crippen LogP contribution in [0.2, 0.25) is 0 Å². The number of nitrogens with one attached hydrogen (secondary N) is 1. The number of alkyl carbamates (subject to hydrolysis) is 1. The number of benzene rings is 1. The third kappa shape index (κ3) is 6.12. The van der Waals surface area contributed by atoms with Crippen LogP contribution >= 0.6 is 0 Å². The molecule has 4 rings (SSSR count).